The Hall–Kier alpha value is -0.830. The lowest BCUT2D eigenvalue weighted by Crippen LogP contribution is -2.09. The number of aromatic nitrogens is 2. The molecule has 1 aromatic heterocycles. The molecule has 0 aliphatic carbocycles. The van der Waals surface area contributed by atoms with Crippen molar-refractivity contribution in [1.29, 1.82) is 0 Å². The van der Waals surface area contributed by atoms with Crippen molar-refractivity contribution in [2.24, 2.45) is 5.92 Å². The van der Waals surface area contributed by atoms with Gasteiger partial charge in [-0.1, -0.05) is 13.8 Å². The van der Waals surface area contributed by atoms with Gasteiger partial charge in [-0.05, 0) is 32.3 Å². The Kier molecular flexibility index (Phi) is 3.69. The summed E-state index contributed by atoms with van der Waals surface area (Å²) >= 11 is 0. The molecule has 3 heteroatoms. The third-order valence-corrected chi connectivity index (χ3v) is 2.27. The average Bonchev–Trinajstić information content (AvgIpc) is 2.45. The van der Waals surface area contributed by atoms with Crippen molar-refractivity contribution in [2.75, 3.05) is 0 Å². The molecule has 0 fully saturated rings. The van der Waals surface area contributed by atoms with E-state index in [1.165, 1.54) is 0 Å². The summed E-state index contributed by atoms with van der Waals surface area (Å²) in [5.41, 5.74) is 1.92. The predicted molar refractivity (Wildman–Crippen MR) is 57.1 cm³/mol. The average molecular weight is 196 g/mol. The molecule has 0 saturated heterocycles. The summed E-state index contributed by atoms with van der Waals surface area (Å²) in [5, 5.41) is 14.3. The van der Waals surface area contributed by atoms with Gasteiger partial charge in [-0.2, -0.15) is 5.10 Å². The van der Waals surface area contributed by atoms with Gasteiger partial charge in [-0.15, -0.1) is 0 Å². The number of hydrogen-bond donors (Lipinski definition) is 1. The van der Waals surface area contributed by atoms with Crippen LogP contribution < -0.4 is 0 Å². The van der Waals surface area contributed by atoms with E-state index in [-0.39, 0.29) is 6.10 Å². The Morgan fingerprint density at radius 2 is 2.14 bits per heavy atom. The summed E-state index contributed by atoms with van der Waals surface area (Å²) in [6.07, 6.45) is 0.418. The molecule has 1 atom stereocenters. The van der Waals surface area contributed by atoms with Crippen molar-refractivity contribution < 1.29 is 5.11 Å². The minimum absolute atomic E-state index is 0.379. The van der Waals surface area contributed by atoms with E-state index in [9.17, 15) is 5.11 Å². The molecule has 0 bridgehead atoms. The fourth-order valence-corrected chi connectivity index (χ4v) is 1.65. The van der Waals surface area contributed by atoms with Crippen LogP contribution in [0.5, 0.6) is 0 Å². The van der Waals surface area contributed by atoms with Gasteiger partial charge in [0.1, 0.15) is 0 Å². The maximum atomic E-state index is 9.96. The molecule has 0 radical (unpaired) electrons. The van der Waals surface area contributed by atoms with Gasteiger partial charge >= 0.3 is 0 Å². The maximum Gasteiger partial charge on any atom is 0.0959 e. The summed E-state index contributed by atoms with van der Waals surface area (Å²) in [4.78, 5) is 0. The third-order valence-electron chi connectivity index (χ3n) is 2.27. The molecule has 14 heavy (non-hydrogen) atoms. The number of aliphatic hydroxyl groups is 1. The van der Waals surface area contributed by atoms with Crippen LogP contribution in [0.3, 0.4) is 0 Å². The molecular weight excluding hydrogens is 176 g/mol. The normalized spacial score (nSPS) is 13.6. The van der Waals surface area contributed by atoms with Gasteiger partial charge in [0.2, 0.25) is 0 Å². The first kappa shape index (κ1) is 11.2. The molecule has 80 valence electrons. The summed E-state index contributed by atoms with van der Waals surface area (Å²) in [5.74, 6) is 0.505. The predicted octanol–water partition coefficient (Wildman–Crippen LogP) is 2.29. The highest BCUT2D eigenvalue weighted by atomic mass is 16.3. The lowest BCUT2D eigenvalue weighted by atomic mass is 10.0. The zero-order valence-corrected chi connectivity index (χ0v) is 9.49. The van der Waals surface area contributed by atoms with E-state index in [1.807, 2.05) is 24.6 Å². The Morgan fingerprint density at radius 1 is 1.50 bits per heavy atom. The van der Waals surface area contributed by atoms with Crippen LogP contribution in [0.1, 0.15) is 44.7 Å². The second-order valence-electron chi connectivity index (χ2n) is 4.17. The van der Waals surface area contributed by atoms with Crippen LogP contribution in [0.2, 0.25) is 0 Å². The quantitative estimate of drug-likeness (QED) is 0.802. The molecule has 0 aromatic carbocycles. The van der Waals surface area contributed by atoms with Crippen molar-refractivity contribution in [3.8, 4) is 0 Å². The van der Waals surface area contributed by atoms with Crippen LogP contribution in [0.25, 0.3) is 0 Å². The number of nitrogens with zero attached hydrogens (tertiary/aromatic N) is 2. The van der Waals surface area contributed by atoms with E-state index >= 15 is 0 Å². The van der Waals surface area contributed by atoms with E-state index in [0.29, 0.717) is 5.92 Å². The van der Waals surface area contributed by atoms with E-state index < -0.39 is 0 Å². The molecule has 0 aliphatic rings. The number of aryl methyl sites for hydroxylation is 2. The first-order valence-electron chi connectivity index (χ1n) is 5.27. The Morgan fingerprint density at radius 3 is 2.64 bits per heavy atom. The first-order chi connectivity index (χ1) is 6.54. The minimum Gasteiger partial charge on any atom is -0.387 e. The second kappa shape index (κ2) is 4.60. The topological polar surface area (TPSA) is 38.0 Å². The van der Waals surface area contributed by atoms with Crippen molar-refractivity contribution >= 4 is 0 Å². The maximum absolute atomic E-state index is 9.96. The molecule has 1 heterocycles. The van der Waals surface area contributed by atoms with Crippen molar-refractivity contribution in [3.63, 3.8) is 0 Å². The Bertz CT molecular complexity index is 291. The molecule has 1 rings (SSSR count). The van der Waals surface area contributed by atoms with E-state index in [1.54, 1.807) is 0 Å². The highest BCUT2D eigenvalue weighted by Crippen LogP contribution is 2.21. The highest BCUT2D eigenvalue weighted by Gasteiger charge is 2.15. The van der Waals surface area contributed by atoms with Gasteiger partial charge in [0.05, 0.1) is 17.5 Å². The molecule has 1 aromatic rings. The van der Waals surface area contributed by atoms with Crippen LogP contribution in [0.4, 0.5) is 0 Å². The smallest absolute Gasteiger partial charge is 0.0959 e. The zero-order chi connectivity index (χ0) is 10.7. The SMILES string of the molecule is CCn1nc(C)cc1C(O)CC(C)C. The number of rotatable bonds is 4. The van der Waals surface area contributed by atoms with Crippen LogP contribution >= 0.6 is 0 Å². The molecule has 0 aliphatic heterocycles. The fourth-order valence-electron chi connectivity index (χ4n) is 1.65. The van der Waals surface area contributed by atoms with Crippen LogP contribution in [0.15, 0.2) is 6.07 Å². The molecule has 0 saturated carbocycles. The number of aliphatic hydroxyl groups excluding tert-OH is 1. The number of hydrogen-bond acceptors (Lipinski definition) is 2. The van der Waals surface area contributed by atoms with Gasteiger partial charge in [0, 0.05) is 6.54 Å². The van der Waals surface area contributed by atoms with Gasteiger partial charge in [-0.3, -0.25) is 4.68 Å². The molecule has 0 amide bonds. The summed E-state index contributed by atoms with van der Waals surface area (Å²) < 4.78 is 1.88. The minimum atomic E-state index is -0.379. The fraction of sp³-hybridized carbons (Fsp3) is 0.727. The zero-order valence-electron chi connectivity index (χ0n) is 9.49. The summed E-state index contributed by atoms with van der Waals surface area (Å²) in [6, 6.07) is 1.97. The van der Waals surface area contributed by atoms with Gasteiger partial charge in [0.15, 0.2) is 0 Å². The van der Waals surface area contributed by atoms with Crippen LogP contribution in [-0.4, -0.2) is 14.9 Å². The first-order valence-corrected chi connectivity index (χ1v) is 5.27. The molecule has 1 N–H and O–H groups in total. The largest absolute Gasteiger partial charge is 0.387 e. The molecule has 0 spiro atoms. The lowest BCUT2D eigenvalue weighted by Gasteiger charge is -2.14. The van der Waals surface area contributed by atoms with Crippen LogP contribution in [-0.2, 0) is 6.54 Å². The lowest BCUT2D eigenvalue weighted by molar-refractivity contribution is 0.141. The Labute approximate surface area is 85.8 Å². The van der Waals surface area contributed by atoms with E-state index in [0.717, 1.165) is 24.4 Å². The van der Waals surface area contributed by atoms with E-state index in [4.69, 9.17) is 0 Å². The van der Waals surface area contributed by atoms with Crippen molar-refractivity contribution in [3.05, 3.63) is 17.5 Å². The standard InChI is InChI=1S/C11H20N2O/c1-5-13-10(7-9(4)12-13)11(14)6-8(2)3/h7-8,11,14H,5-6H2,1-4H3. The molecular formula is C11H20N2O. The van der Waals surface area contributed by atoms with E-state index in [2.05, 4.69) is 18.9 Å². The molecule has 1 unspecified atom stereocenters. The van der Waals surface area contributed by atoms with Gasteiger partial charge < -0.3 is 5.11 Å². The van der Waals surface area contributed by atoms with Crippen LogP contribution in [0, 0.1) is 12.8 Å². The monoisotopic (exact) mass is 196 g/mol. The summed E-state index contributed by atoms with van der Waals surface area (Å²) in [6.45, 7) is 9.04. The van der Waals surface area contributed by atoms with Gasteiger partial charge in [-0.25, -0.2) is 0 Å². The third kappa shape index (κ3) is 2.58. The summed E-state index contributed by atoms with van der Waals surface area (Å²) in [7, 11) is 0. The van der Waals surface area contributed by atoms with Crippen molar-refractivity contribution in [1.82, 2.24) is 9.78 Å². The Balaban J connectivity index is 2.82. The van der Waals surface area contributed by atoms with Gasteiger partial charge in [0.25, 0.3) is 0 Å². The van der Waals surface area contributed by atoms with Crippen molar-refractivity contribution in [2.45, 2.75) is 46.8 Å². The highest BCUT2D eigenvalue weighted by molar-refractivity contribution is 5.11. The molecule has 3 nitrogen and oxygen atoms in total. The second-order valence-corrected chi connectivity index (χ2v) is 4.17.